The Morgan fingerprint density at radius 2 is 0.793 bits per heavy atom. The molecule has 4 heterocycles. The highest BCUT2D eigenvalue weighted by Gasteiger charge is 2.10. The van der Waals surface area contributed by atoms with E-state index in [-0.39, 0.29) is 0 Å². The minimum absolute atomic E-state index is 0.388. The summed E-state index contributed by atoms with van der Waals surface area (Å²) in [5, 5.41) is 17.2. The van der Waals surface area contributed by atoms with Crippen LogP contribution in [-0.4, -0.2) is 30.0 Å². The lowest BCUT2D eigenvalue weighted by Gasteiger charge is -2.06. The molecule has 0 radical (unpaired) electrons. The topological polar surface area (TPSA) is 87.6 Å². The third-order valence-electron chi connectivity index (χ3n) is 9.92. The van der Waals surface area contributed by atoms with Crippen LogP contribution in [0.5, 0.6) is 11.5 Å². The summed E-state index contributed by atoms with van der Waals surface area (Å²) >= 11 is 0. The van der Waals surface area contributed by atoms with Crippen molar-refractivity contribution < 1.29 is 18.6 Å². The van der Waals surface area contributed by atoms with Crippen molar-refractivity contribution in [3.63, 3.8) is 0 Å². The fourth-order valence-corrected chi connectivity index (χ4v) is 7.12. The van der Waals surface area contributed by atoms with Crippen molar-refractivity contribution in [3.8, 4) is 22.6 Å². The molecule has 0 atom stereocenters. The number of ether oxygens (including phenoxy) is 2. The number of hydrogen-bond acceptors (Lipinski definition) is 6. The Labute approximate surface area is 339 Å². The molecule has 58 heavy (non-hydrogen) atoms. The van der Waals surface area contributed by atoms with E-state index in [4.69, 9.17) is 9.47 Å². The van der Waals surface area contributed by atoms with Crippen molar-refractivity contribution in [1.29, 1.82) is 0 Å². The van der Waals surface area contributed by atoms with Crippen molar-refractivity contribution >= 4 is 0 Å². The van der Waals surface area contributed by atoms with Gasteiger partial charge in [-0.3, -0.25) is 0 Å². The van der Waals surface area contributed by atoms with Gasteiger partial charge in [-0.2, -0.15) is 0 Å². The molecule has 0 aliphatic carbocycles. The minimum Gasteiger partial charge on any atom is -0.487 e. The molecule has 0 unspecified atom stereocenters. The molecule has 10 nitrogen and oxygen atoms in total. The maximum atomic E-state index is 5.95. The zero-order valence-electron chi connectivity index (χ0n) is 33.5. The van der Waals surface area contributed by atoms with Crippen LogP contribution in [0.4, 0.5) is 0 Å². The van der Waals surface area contributed by atoms with E-state index in [2.05, 4.69) is 167 Å². The van der Waals surface area contributed by atoms with E-state index < -0.39 is 0 Å². The first-order chi connectivity index (χ1) is 28.2. The van der Waals surface area contributed by atoms with E-state index in [1.807, 2.05) is 46.0 Å². The Morgan fingerprint density at radius 3 is 1.16 bits per heavy atom. The number of nitrogens with zero attached hydrogens (tertiary/aromatic N) is 8. The molecule has 0 saturated carbocycles. The van der Waals surface area contributed by atoms with E-state index in [0.29, 0.717) is 26.3 Å². The molecular formula is C48H48N8O2+2. The molecule has 0 bridgehead atoms. The van der Waals surface area contributed by atoms with Crippen molar-refractivity contribution in [3.05, 3.63) is 202 Å². The van der Waals surface area contributed by atoms with Crippen LogP contribution in [0.3, 0.4) is 0 Å². The molecule has 290 valence electrons. The third-order valence-corrected chi connectivity index (χ3v) is 9.92. The maximum Gasteiger partial charge on any atom is 0.173 e. The summed E-state index contributed by atoms with van der Waals surface area (Å²) in [6.07, 6.45) is 12.5. The van der Waals surface area contributed by atoms with Gasteiger partial charge in [0, 0.05) is 35.4 Å². The van der Waals surface area contributed by atoms with Gasteiger partial charge in [0.25, 0.3) is 0 Å². The standard InChI is InChI=1S/C48H48N8O2/c1-35-21-36(2)24-47(23-35)57-33-45-31-55(51-49-45)29-41-9-5-39(6-10-41)27-53-17-13-43(14-18-53)44-15-19-54(20-16-44)28-40-7-11-42(12-8-40)30-56-32-46(50-52-56)34-58-48-25-37(3)22-38(4)26-48/h5-26,31-32H,27-30,33-34H2,1-4H3/q+2. The fourth-order valence-electron chi connectivity index (χ4n) is 7.12. The SMILES string of the molecule is Cc1cc(C)cc(OCc2cn(Cc3ccc(C[n+]4ccc(-c5cc[n+](Cc6ccc(Cn7cc(COc8cc(C)cc(C)c8)nn7)cc6)cc5)cc4)cc3)nn2)c1. The summed E-state index contributed by atoms with van der Waals surface area (Å²) < 4.78 is 20.0. The number of pyridine rings is 2. The van der Waals surface area contributed by atoms with Crippen LogP contribution in [0.15, 0.2) is 146 Å². The largest absolute Gasteiger partial charge is 0.487 e. The van der Waals surface area contributed by atoms with E-state index in [1.165, 1.54) is 55.6 Å². The average molecular weight is 769 g/mol. The predicted molar refractivity (Wildman–Crippen MR) is 222 cm³/mol. The zero-order chi connectivity index (χ0) is 39.8. The Morgan fingerprint density at radius 1 is 0.448 bits per heavy atom. The number of aryl methyl sites for hydroxylation is 4. The molecule has 0 amide bonds. The van der Waals surface area contributed by atoms with Gasteiger partial charge in [0.2, 0.25) is 0 Å². The van der Waals surface area contributed by atoms with Gasteiger partial charge in [0.05, 0.1) is 25.5 Å². The van der Waals surface area contributed by atoms with Gasteiger partial charge in [-0.25, -0.2) is 18.5 Å². The van der Waals surface area contributed by atoms with Gasteiger partial charge in [-0.1, -0.05) is 71.1 Å². The van der Waals surface area contributed by atoms with Crippen LogP contribution < -0.4 is 18.6 Å². The van der Waals surface area contributed by atoms with Crippen molar-refractivity contribution in [2.45, 2.75) is 67.1 Å². The number of aromatic nitrogens is 8. The quantitative estimate of drug-likeness (QED) is 0.0995. The van der Waals surface area contributed by atoms with Crippen LogP contribution in [0.1, 0.15) is 55.9 Å². The van der Waals surface area contributed by atoms with Crippen LogP contribution in [0.25, 0.3) is 11.1 Å². The smallest absolute Gasteiger partial charge is 0.173 e. The summed E-state index contributed by atoms with van der Waals surface area (Å²) in [5.74, 6) is 1.70. The molecule has 10 heteroatoms. The average Bonchev–Trinajstić information content (AvgIpc) is 3.87. The van der Waals surface area contributed by atoms with E-state index in [0.717, 1.165) is 36.0 Å². The highest BCUT2D eigenvalue weighted by Crippen LogP contribution is 2.20. The summed E-state index contributed by atoms with van der Waals surface area (Å²) in [6, 6.07) is 38.5. The number of benzene rings is 4. The van der Waals surface area contributed by atoms with Crippen LogP contribution in [0, 0.1) is 27.7 Å². The van der Waals surface area contributed by atoms with Gasteiger partial charge in [-0.15, -0.1) is 10.2 Å². The molecule has 8 aromatic rings. The van der Waals surface area contributed by atoms with Gasteiger partial charge in [-0.05, 0) is 96.5 Å². The van der Waals surface area contributed by atoms with E-state index in [1.54, 1.807) is 0 Å². The fraction of sp³-hybridized carbons (Fsp3) is 0.208. The number of hydrogen-bond donors (Lipinski definition) is 0. The lowest BCUT2D eigenvalue weighted by molar-refractivity contribution is -0.688. The summed E-state index contributed by atoms with van der Waals surface area (Å²) in [4.78, 5) is 0. The molecule has 4 aromatic heterocycles. The van der Waals surface area contributed by atoms with Crippen LogP contribution >= 0.6 is 0 Å². The van der Waals surface area contributed by atoms with Gasteiger partial charge < -0.3 is 9.47 Å². The highest BCUT2D eigenvalue weighted by molar-refractivity contribution is 5.61. The van der Waals surface area contributed by atoms with Gasteiger partial charge >= 0.3 is 0 Å². The van der Waals surface area contributed by atoms with Crippen molar-refractivity contribution in [2.75, 3.05) is 0 Å². The van der Waals surface area contributed by atoms with Crippen LogP contribution in [0.2, 0.25) is 0 Å². The second-order valence-electron chi connectivity index (χ2n) is 15.2. The van der Waals surface area contributed by atoms with E-state index in [9.17, 15) is 0 Å². The first kappa shape index (κ1) is 38.0. The first-order valence-corrected chi connectivity index (χ1v) is 19.6. The van der Waals surface area contributed by atoms with Crippen molar-refractivity contribution in [2.24, 2.45) is 0 Å². The molecule has 0 spiro atoms. The maximum absolute atomic E-state index is 5.95. The Kier molecular flexibility index (Phi) is 11.4. The molecule has 0 saturated heterocycles. The summed E-state index contributed by atoms with van der Waals surface area (Å²) in [6.45, 7) is 12.0. The highest BCUT2D eigenvalue weighted by atomic mass is 16.5. The molecule has 8 rings (SSSR count). The Balaban J connectivity index is 0.785. The Bertz CT molecular complexity index is 2370. The lowest BCUT2D eigenvalue weighted by atomic mass is 10.1. The van der Waals surface area contributed by atoms with Crippen LogP contribution in [-0.2, 0) is 39.4 Å². The molecule has 0 aliphatic heterocycles. The summed E-state index contributed by atoms with van der Waals surface area (Å²) in [7, 11) is 0. The molecule has 0 N–H and O–H groups in total. The number of rotatable bonds is 15. The van der Waals surface area contributed by atoms with Gasteiger partial charge in [0.1, 0.15) is 36.1 Å². The second-order valence-corrected chi connectivity index (χ2v) is 15.2. The Hall–Kier alpha value is -6.94. The lowest BCUT2D eigenvalue weighted by Crippen LogP contribution is -2.33. The zero-order valence-corrected chi connectivity index (χ0v) is 33.5. The second kappa shape index (κ2) is 17.5. The monoisotopic (exact) mass is 768 g/mol. The van der Waals surface area contributed by atoms with Crippen molar-refractivity contribution in [1.82, 2.24) is 30.0 Å². The van der Waals surface area contributed by atoms with Gasteiger partial charge in [0.15, 0.2) is 37.9 Å². The predicted octanol–water partition coefficient (Wildman–Crippen LogP) is 7.70. The molecular weight excluding hydrogens is 721 g/mol. The first-order valence-electron chi connectivity index (χ1n) is 19.6. The molecule has 4 aromatic carbocycles. The molecule has 0 fully saturated rings. The van der Waals surface area contributed by atoms with E-state index >= 15 is 0 Å². The summed E-state index contributed by atoms with van der Waals surface area (Å²) in [5.41, 5.74) is 13.5. The normalized spacial score (nSPS) is 11.2. The third kappa shape index (κ3) is 10.3. The molecule has 0 aliphatic rings. The minimum atomic E-state index is 0.388.